The van der Waals surface area contributed by atoms with Crippen LogP contribution in [-0.4, -0.2) is 108 Å². The van der Waals surface area contributed by atoms with Crippen LogP contribution >= 0.6 is 0 Å². The van der Waals surface area contributed by atoms with Gasteiger partial charge in [0, 0.05) is 6.54 Å². The first-order valence-electron chi connectivity index (χ1n) is 36.2. The van der Waals surface area contributed by atoms with Crippen molar-refractivity contribution in [1.29, 1.82) is 0 Å². The number of H-pyrrole nitrogens is 1. The van der Waals surface area contributed by atoms with E-state index in [2.05, 4.69) is 30.2 Å². The Kier molecular flexibility index (Phi) is 30.1. The van der Waals surface area contributed by atoms with Gasteiger partial charge in [-0.05, 0) is 127 Å². The van der Waals surface area contributed by atoms with Crippen LogP contribution in [0.25, 0.3) is 0 Å². The highest BCUT2D eigenvalue weighted by atomic mass is 19.4. The number of nitrogens with one attached hydrogen (secondary N) is 2. The number of aromatic nitrogens is 3. The third-order valence-corrected chi connectivity index (χ3v) is 19.5. The van der Waals surface area contributed by atoms with Gasteiger partial charge in [0.1, 0.15) is 19.5 Å². The molecular formula is C83H86F12N8O12. The minimum absolute atomic E-state index is 0.0379. The van der Waals surface area contributed by atoms with Crippen LogP contribution in [0.15, 0.2) is 235 Å². The van der Waals surface area contributed by atoms with Gasteiger partial charge in [0.15, 0.2) is 6.40 Å². The van der Waals surface area contributed by atoms with Crippen molar-refractivity contribution in [3.63, 3.8) is 0 Å². The second-order valence-corrected chi connectivity index (χ2v) is 27.5. The standard InChI is InChI=1S/C40H38F6N4O5.C38H38F6N2O4.C5H10N2O3/c1-28(31-19-33(39(41,42)43)21-34(20-31)40(44,45)46)55-26-38(32-15-9-4-10-16-32)18-17-37(50-27-47-48-35(50)51,25-53-22-29-11-5-2-6-12-29)24-49(38)36(52)54-23-30-13-7-3-8-14-30;1-27(30-19-32(37(39,40)41)21-33(20-30)38(42,43)44)50-26-36(31-15-9-4-10-16-31)18-17-35(45,25-48-22-28-11-5-2-6-12-28)24-46(36)34(47)49-23-29-13-7-3-8-14-29;1-3-10-4-6-7-5(8)9-2/h2-16,19-21,27-28H,17-18,22-26H2,1H3,(H,48,51);2-16,19-21,27H,17-18,22-26,45H2,1H3;4H,3H2,1-2H3,(H,7,8)/t28-,37+,38-;27-,35+,36-;/m11./s1. The van der Waals surface area contributed by atoms with Crippen LogP contribution in [0.1, 0.15) is 125 Å². The van der Waals surface area contributed by atoms with E-state index in [0.29, 0.717) is 60.6 Å². The molecule has 20 nitrogen and oxygen atoms in total. The number of piperidine rings is 2. The monoisotopic (exact) mass is 1610 g/mol. The topological polar surface area (TPSA) is 233 Å². The van der Waals surface area contributed by atoms with Gasteiger partial charge in [-0.1, -0.05) is 182 Å². The van der Waals surface area contributed by atoms with E-state index < -0.39 is 105 Å². The van der Waals surface area contributed by atoms with Crippen molar-refractivity contribution in [3.8, 4) is 0 Å². The molecular weight excluding hydrogens is 1530 g/mol. The van der Waals surface area contributed by atoms with E-state index >= 15 is 0 Å². The SMILES string of the molecule is CCOC=NNC(=O)OC.C[C@@H](OC[C@@]1(c2ccccc2)CC[C@@](N)(COCc2ccccc2)CN1C(=O)OCc1ccccc1)c1cc(C(F)(F)F)cc(C(F)(F)F)c1.C[C@@H](OC[C@@]1(c2ccccc2)CC[C@](COCc2ccccc2)(n2cn[nH]c2=O)CN1C(=O)OCc1ccccc1)c1cc(C(F)(F)F)cc(C(F)(F)F)c1. The van der Waals surface area contributed by atoms with Crippen molar-refractivity contribution < 1.29 is 105 Å². The largest absolute Gasteiger partial charge is 0.482 e. The van der Waals surface area contributed by atoms with Crippen LogP contribution in [0.5, 0.6) is 0 Å². The lowest BCUT2D eigenvalue weighted by Crippen LogP contribution is -2.66. The Hall–Kier alpha value is -11.1. The van der Waals surface area contributed by atoms with Gasteiger partial charge in [0.05, 0.1) is 117 Å². The number of carbonyl (C=O) groups excluding carboxylic acids is 3. The molecule has 1 aromatic heterocycles. The van der Waals surface area contributed by atoms with E-state index in [9.17, 15) is 71.9 Å². The van der Waals surface area contributed by atoms with Crippen molar-refractivity contribution in [1.82, 2.24) is 30.0 Å². The predicted octanol–water partition coefficient (Wildman–Crippen LogP) is 18.0. The number of hydrogen-bond acceptors (Lipinski definition) is 15. The number of nitrogens with two attached hydrogens (primary N) is 1. The molecule has 4 N–H and O–H groups in total. The van der Waals surface area contributed by atoms with Gasteiger partial charge in [-0.25, -0.2) is 29.7 Å². The van der Waals surface area contributed by atoms with Gasteiger partial charge < -0.3 is 43.6 Å². The molecule has 8 aromatic carbocycles. The van der Waals surface area contributed by atoms with Crippen LogP contribution in [0, 0.1) is 0 Å². The number of rotatable bonds is 26. The third-order valence-electron chi connectivity index (χ3n) is 19.5. The molecule has 0 saturated carbocycles. The summed E-state index contributed by atoms with van der Waals surface area (Å²) in [6, 6.07) is 57.1. The van der Waals surface area contributed by atoms with Gasteiger partial charge >= 0.3 is 48.7 Å². The molecule has 6 atom stereocenters. The van der Waals surface area contributed by atoms with Gasteiger partial charge in [0.25, 0.3) is 0 Å². The van der Waals surface area contributed by atoms with E-state index in [-0.39, 0.29) is 102 Å². The van der Waals surface area contributed by atoms with E-state index in [1.165, 1.54) is 41.7 Å². The first-order valence-corrected chi connectivity index (χ1v) is 36.2. The van der Waals surface area contributed by atoms with Crippen molar-refractivity contribution in [3.05, 3.63) is 302 Å². The summed E-state index contributed by atoms with van der Waals surface area (Å²) in [7, 11) is 1.26. The molecule has 0 aliphatic carbocycles. The molecule has 32 heteroatoms. The normalized spacial score (nSPS) is 19.0. The van der Waals surface area contributed by atoms with Gasteiger partial charge in [-0.15, -0.1) is 5.10 Å². The number of hydrogen-bond donors (Lipinski definition) is 3. The van der Waals surface area contributed by atoms with Crippen LogP contribution in [-0.2, 0) is 106 Å². The minimum atomic E-state index is -5.05. The number of nitrogens with zero attached hydrogens (tertiary/aromatic N) is 5. The number of amides is 3. The Balaban J connectivity index is 0.000000236. The lowest BCUT2D eigenvalue weighted by molar-refractivity contribution is -0.145. The summed E-state index contributed by atoms with van der Waals surface area (Å²) in [6.07, 6.45) is -21.4. The maximum Gasteiger partial charge on any atom is 0.427 e. The molecule has 0 unspecified atom stereocenters. The molecule has 614 valence electrons. The molecule has 2 saturated heterocycles. The molecule has 115 heavy (non-hydrogen) atoms. The summed E-state index contributed by atoms with van der Waals surface area (Å²) in [5.41, 5.74) is 1.49. The van der Waals surface area contributed by atoms with Crippen LogP contribution in [0.3, 0.4) is 0 Å². The number of methoxy groups -OCH3 is 1. The Labute approximate surface area is 655 Å². The molecule has 2 aliphatic heterocycles. The van der Waals surface area contributed by atoms with E-state index in [1.807, 2.05) is 79.7 Å². The molecule has 9 aromatic rings. The second-order valence-electron chi connectivity index (χ2n) is 27.5. The van der Waals surface area contributed by atoms with E-state index in [4.69, 9.17) is 34.2 Å². The number of benzene rings is 8. The van der Waals surface area contributed by atoms with E-state index in [1.54, 1.807) is 109 Å². The highest BCUT2D eigenvalue weighted by molar-refractivity contribution is 5.71. The van der Waals surface area contributed by atoms with Crippen molar-refractivity contribution in [2.75, 3.05) is 53.2 Å². The van der Waals surface area contributed by atoms with Crippen molar-refractivity contribution in [2.24, 2.45) is 10.8 Å². The van der Waals surface area contributed by atoms with Gasteiger partial charge in [-0.2, -0.15) is 57.8 Å². The summed E-state index contributed by atoms with van der Waals surface area (Å²) < 4.78 is 211. The fraction of sp³-hybridized carbons (Fsp3) is 0.349. The fourth-order valence-corrected chi connectivity index (χ4v) is 13.2. The molecule has 11 rings (SSSR count). The maximum atomic E-state index is 14.5. The summed E-state index contributed by atoms with van der Waals surface area (Å²) in [6.45, 7) is 4.55. The molecule has 0 spiro atoms. The molecule has 0 radical (unpaired) electrons. The highest BCUT2D eigenvalue weighted by Crippen LogP contribution is 2.48. The third kappa shape index (κ3) is 24.0. The zero-order valence-corrected chi connectivity index (χ0v) is 62.9. The zero-order chi connectivity index (χ0) is 83.1. The number of carbonyl (C=O) groups is 3. The van der Waals surface area contributed by atoms with Crippen LogP contribution in [0.2, 0.25) is 0 Å². The molecule has 3 amide bonds. The Morgan fingerprint density at radius 2 is 0.878 bits per heavy atom. The number of hydrazone groups is 1. The van der Waals surface area contributed by atoms with Gasteiger partial charge in [0.2, 0.25) is 0 Å². The lowest BCUT2D eigenvalue weighted by Gasteiger charge is -2.53. The fourth-order valence-electron chi connectivity index (χ4n) is 13.2. The zero-order valence-electron chi connectivity index (χ0n) is 62.9. The Morgan fingerprint density at radius 1 is 0.513 bits per heavy atom. The second kappa shape index (κ2) is 39.3. The van der Waals surface area contributed by atoms with Crippen molar-refractivity contribution in [2.45, 2.75) is 132 Å². The molecule has 0 bridgehead atoms. The van der Waals surface area contributed by atoms with Crippen LogP contribution in [0.4, 0.5) is 67.1 Å². The smallest absolute Gasteiger partial charge is 0.427 e. The predicted molar refractivity (Wildman–Crippen MR) is 399 cm³/mol. The Morgan fingerprint density at radius 3 is 1.24 bits per heavy atom. The van der Waals surface area contributed by atoms with Crippen molar-refractivity contribution >= 4 is 24.7 Å². The summed E-state index contributed by atoms with van der Waals surface area (Å²) in [5.74, 6) is 0. The quantitative estimate of drug-likeness (QED) is 0.0150. The molecule has 2 aliphatic rings. The molecule has 2 fully saturated rings. The first kappa shape index (κ1) is 87.9. The average molecular weight is 1620 g/mol. The molecule has 3 heterocycles. The van der Waals surface area contributed by atoms with Crippen LogP contribution < -0.4 is 16.8 Å². The number of aromatic amines is 1. The minimum Gasteiger partial charge on any atom is -0.482 e. The van der Waals surface area contributed by atoms with Gasteiger partial charge in [-0.3, -0.25) is 14.4 Å². The average Bonchev–Trinajstić information content (AvgIpc) is 1.58. The first-order chi connectivity index (χ1) is 54.7. The summed E-state index contributed by atoms with van der Waals surface area (Å²) in [5, 5.41) is 9.71. The number of likely N-dealkylation sites (tertiary alicyclic amines) is 2. The lowest BCUT2D eigenvalue weighted by atomic mass is 9.74. The van der Waals surface area contributed by atoms with E-state index in [0.717, 1.165) is 23.1 Å². The summed E-state index contributed by atoms with van der Waals surface area (Å²) >= 11 is 0. The number of halogens is 12. The summed E-state index contributed by atoms with van der Waals surface area (Å²) in [4.78, 5) is 54.9. The highest BCUT2D eigenvalue weighted by Gasteiger charge is 2.55. The Bertz CT molecular complexity index is 4590. The number of alkyl halides is 12. The number of ether oxygens (including phenoxy) is 8. The maximum absolute atomic E-state index is 14.5.